The molecule has 0 aliphatic carbocycles. The van der Waals surface area contributed by atoms with Gasteiger partial charge in [0.2, 0.25) is 6.10 Å². The summed E-state index contributed by atoms with van der Waals surface area (Å²) in [6.45, 7) is -0.641. The lowest BCUT2D eigenvalue weighted by atomic mass is 10.2. The molecule has 0 radical (unpaired) electrons. The first-order valence-corrected chi connectivity index (χ1v) is 8.63. The quantitative estimate of drug-likeness (QED) is 0.566. The van der Waals surface area contributed by atoms with Crippen LogP contribution < -0.4 is 14.8 Å². The predicted octanol–water partition coefficient (Wildman–Crippen LogP) is 2.08. The minimum absolute atomic E-state index is 0.0304. The fourth-order valence-electron chi connectivity index (χ4n) is 2.16. The van der Waals surface area contributed by atoms with Gasteiger partial charge >= 0.3 is 5.97 Å². The Morgan fingerprint density at radius 2 is 1.96 bits per heavy atom. The molecule has 27 heavy (non-hydrogen) atoms. The number of carbonyl (C=O) groups excluding carboxylic acids is 3. The van der Waals surface area contributed by atoms with Crippen LogP contribution in [0.5, 0.6) is 11.5 Å². The number of para-hydroxylation sites is 2. The molecule has 9 heteroatoms. The number of amides is 2. The summed E-state index contributed by atoms with van der Waals surface area (Å²) in [5.74, 6) is -0.828. The van der Waals surface area contributed by atoms with E-state index in [0.29, 0.717) is 21.9 Å². The highest BCUT2D eigenvalue weighted by Crippen LogP contribution is 2.30. The summed E-state index contributed by atoms with van der Waals surface area (Å²) >= 11 is 3.13. The third kappa shape index (κ3) is 5.20. The SMILES string of the molecule is O=C(COC(=O)/C=C/c1ccc(Br)o1)NC(=O)[C@H]1COc2ccccc2O1. The summed E-state index contributed by atoms with van der Waals surface area (Å²) in [5.41, 5.74) is 0. The number of halogens is 1. The van der Waals surface area contributed by atoms with Gasteiger partial charge in [0.25, 0.3) is 11.8 Å². The molecule has 0 saturated carbocycles. The molecule has 140 valence electrons. The highest BCUT2D eigenvalue weighted by molar-refractivity contribution is 9.10. The van der Waals surface area contributed by atoms with Gasteiger partial charge in [0.1, 0.15) is 12.4 Å². The van der Waals surface area contributed by atoms with Gasteiger partial charge in [0, 0.05) is 6.08 Å². The van der Waals surface area contributed by atoms with Gasteiger partial charge in [0.05, 0.1) is 0 Å². The Kier molecular flexibility index (Phi) is 5.92. The molecule has 1 aromatic carbocycles. The Morgan fingerprint density at radius 3 is 2.70 bits per heavy atom. The molecule has 0 fully saturated rings. The Morgan fingerprint density at radius 1 is 1.19 bits per heavy atom. The Hall–Kier alpha value is -3.07. The number of esters is 1. The van der Waals surface area contributed by atoms with Crippen molar-refractivity contribution < 1.29 is 33.0 Å². The van der Waals surface area contributed by atoms with Crippen molar-refractivity contribution in [1.29, 1.82) is 0 Å². The summed E-state index contributed by atoms with van der Waals surface area (Å²) in [4.78, 5) is 35.4. The largest absolute Gasteiger partial charge is 0.485 e. The lowest BCUT2D eigenvalue weighted by Gasteiger charge is -2.25. The molecular weight excluding hydrogens is 422 g/mol. The summed E-state index contributed by atoms with van der Waals surface area (Å²) in [7, 11) is 0. The van der Waals surface area contributed by atoms with E-state index >= 15 is 0 Å². The Balaban J connectivity index is 1.43. The first-order chi connectivity index (χ1) is 13.0. The van der Waals surface area contributed by atoms with Gasteiger partial charge in [-0.1, -0.05) is 12.1 Å². The van der Waals surface area contributed by atoms with Crippen LogP contribution in [-0.4, -0.2) is 37.1 Å². The highest BCUT2D eigenvalue weighted by atomic mass is 79.9. The predicted molar refractivity (Wildman–Crippen MR) is 95.9 cm³/mol. The zero-order chi connectivity index (χ0) is 19.2. The van der Waals surface area contributed by atoms with Crippen molar-refractivity contribution in [1.82, 2.24) is 5.32 Å². The Labute approximate surface area is 162 Å². The monoisotopic (exact) mass is 435 g/mol. The van der Waals surface area contributed by atoms with Crippen LogP contribution in [0.3, 0.4) is 0 Å². The third-order valence-corrected chi connectivity index (χ3v) is 3.81. The second-order valence-corrected chi connectivity index (χ2v) is 6.14. The van der Waals surface area contributed by atoms with E-state index in [1.807, 2.05) is 0 Å². The van der Waals surface area contributed by atoms with E-state index < -0.39 is 30.5 Å². The minimum atomic E-state index is -0.975. The topological polar surface area (TPSA) is 104 Å². The first-order valence-electron chi connectivity index (χ1n) is 7.83. The van der Waals surface area contributed by atoms with Crippen molar-refractivity contribution in [2.45, 2.75) is 6.10 Å². The number of benzene rings is 1. The van der Waals surface area contributed by atoms with E-state index in [0.717, 1.165) is 6.08 Å². The maximum absolute atomic E-state index is 12.1. The average Bonchev–Trinajstić information content (AvgIpc) is 3.09. The van der Waals surface area contributed by atoms with Crippen molar-refractivity contribution >= 4 is 39.8 Å². The summed E-state index contributed by atoms with van der Waals surface area (Å²) in [6.07, 6.45) is 1.52. The van der Waals surface area contributed by atoms with Crippen molar-refractivity contribution in [2.24, 2.45) is 0 Å². The Bertz CT molecular complexity index is 889. The van der Waals surface area contributed by atoms with Crippen LogP contribution in [0.25, 0.3) is 6.08 Å². The number of hydrogen-bond acceptors (Lipinski definition) is 7. The molecule has 8 nitrogen and oxygen atoms in total. The maximum Gasteiger partial charge on any atom is 0.331 e. The fraction of sp³-hybridized carbons (Fsp3) is 0.167. The molecule has 0 unspecified atom stereocenters. The van der Waals surface area contributed by atoms with Crippen molar-refractivity contribution in [3.63, 3.8) is 0 Å². The second-order valence-electron chi connectivity index (χ2n) is 5.36. The lowest BCUT2D eigenvalue weighted by molar-refractivity contribution is -0.146. The third-order valence-electron chi connectivity index (χ3n) is 3.39. The number of ether oxygens (including phenoxy) is 3. The summed E-state index contributed by atoms with van der Waals surface area (Å²) in [6, 6.07) is 10.2. The van der Waals surface area contributed by atoms with Gasteiger partial charge < -0.3 is 18.6 Å². The molecular formula is C18H14BrNO7. The van der Waals surface area contributed by atoms with Gasteiger partial charge in [-0.15, -0.1) is 0 Å². The molecule has 2 amide bonds. The number of fused-ring (bicyclic) bond motifs is 1. The van der Waals surface area contributed by atoms with Crippen LogP contribution in [0.15, 0.2) is 51.6 Å². The van der Waals surface area contributed by atoms with Crippen LogP contribution in [0.2, 0.25) is 0 Å². The van der Waals surface area contributed by atoms with Gasteiger partial charge in [-0.05, 0) is 46.3 Å². The van der Waals surface area contributed by atoms with Crippen molar-refractivity contribution in [3.05, 3.63) is 52.9 Å². The number of furan rings is 1. The number of nitrogens with one attached hydrogen (secondary N) is 1. The van der Waals surface area contributed by atoms with Crippen LogP contribution in [0, 0.1) is 0 Å². The van der Waals surface area contributed by atoms with Gasteiger partial charge in [-0.2, -0.15) is 0 Å². The molecule has 1 aromatic heterocycles. The maximum atomic E-state index is 12.1. The van der Waals surface area contributed by atoms with Crippen LogP contribution in [-0.2, 0) is 19.1 Å². The molecule has 0 bridgehead atoms. The van der Waals surface area contributed by atoms with E-state index in [9.17, 15) is 14.4 Å². The summed E-state index contributed by atoms with van der Waals surface area (Å²) in [5, 5.41) is 2.10. The number of carbonyl (C=O) groups is 3. The van der Waals surface area contributed by atoms with Gasteiger partial charge in [0.15, 0.2) is 22.8 Å². The van der Waals surface area contributed by atoms with E-state index in [2.05, 4.69) is 21.2 Å². The first kappa shape index (κ1) is 18.7. The number of rotatable bonds is 5. The number of hydrogen-bond donors (Lipinski definition) is 1. The van der Waals surface area contributed by atoms with E-state index in [1.165, 1.54) is 6.08 Å². The zero-order valence-corrected chi connectivity index (χ0v) is 15.4. The molecule has 2 aromatic rings. The van der Waals surface area contributed by atoms with Gasteiger partial charge in [-0.3, -0.25) is 14.9 Å². The van der Waals surface area contributed by atoms with Crippen molar-refractivity contribution in [2.75, 3.05) is 13.2 Å². The molecule has 1 aliphatic heterocycles. The number of imide groups is 1. The zero-order valence-electron chi connectivity index (χ0n) is 13.8. The molecule has 1 N–H and O–H groups in total. The normalized spacial score (nSPS) is 15.4. The van der Waals surface area contributed by atoms with Gasteiger partial charge in [-0.25, -0.2) is 4.79 Å². The van der Waals surface area contributed by atoms with E-state index in [4.69, 9.17) is 18.6 Å². The van der Waals surface area contributed by atoms with Crippen LogP contribution in [0.1, 0.15) is 5.76 Å². The van der Waals surface area contributed by atoms with E-state index in [1.54, 1.807) is 36.4 Å². The summed E-state index contributed by atoms with van der Waals surface area (Å²) < 4.78 is 21.4. The molecule has 0 spiro atoms. The molecule has 2 heterocycles. The molecule has 3 rings (SSSR count). The fourth-order valence-corrected chi connectivity index (χ4v) is 2.47. The second kappa shape index (κ2) is 8.54. The smallest absolute Gasteiger partial charge is 0.331 e. The molecule has 1 atom stereocenters. The highest BCUT2D eigenvalue weighted by Gasteiger charge is 2.28. The van der Waals surface area contributed by atoms with Crippen LogP contribution >= 0.6 is 15.9 Å². The molecule has 0 saturated heterocycles. The minimum Gasteiger partial charge on any atom is -0.485 e. The van der Waals surface area contributed by atoms with E-state index in [-0.39, 0.29) is 6.61 Å². The van der Waals surface area contributed by atoms with Crippen LogP contribution in [0.4, 0.5) is 0 Å². The molecule has 1 aliphatic rings. The van der Waals surface area contributed by atoms with Crippen molar-refractivity contribution in [3.8, 4) is 11.5 Å². The standard InChI is InChI=1S/C18H14BrNO7/c19-15-7-5-11(26-15)6-8-17(22)25-10-16(21)20-18(23)14-9-24-12-3-1-2-4-13(12)27-14/h1-8,14H,9-10H2,(H,20,21,23)/b8-6+/t14-/m1/s1. The average molecular weight is 436 g/mol. The lowest BCUT2D eigenvalue weighted by Crippen LogP contribution is -2.47.